The molecule has 1 rings (SSSR count). The average Bonchev–Trinajstić information content (AvgIpc) is 2.01. The molecule has 1 N–H and O–H groups in total. The molecule has 0 saturated heterocycles. The van der Waals surface area contributed by atoms with Crippen LogP contribution in [0.15, 0.2) is 11.6 Å². The zero-order valence-electron chi connectivity index (χ0n) is 9.96. The molecule has 0 spiro atoms. The molecule has 0 radical (unpaired) electrons. The van der Waals surface area contributed by atoms with Gasteiger partial charge in [0.1, 0.15) is 0 Å². The maximum absolute atomic E-state index is 9.63. The molecule has 1 heteroatoms. The summed E-state index contributed by atoms with van der Waals surface area (Å²) in [6.07, 6.45) is 5.47. The first kappa shape index (κ1) is 11.8. The fraction of sp³-hybridized carbons (Fsp3) is 0.846. The molecule has 0 aliphatic heterocycles. The van der Waals surface area contributed by atoms with Gasteiger partial charge in [-0.15, -0.1) is 0 Å². The van der Waals surface area contributed by atoms with Gasteiger partial charge in [0.2, 0.25) is 0 Å². The average molecular weight is 196 g/mol. The van der Waals surface area contributed by atoms with Crippen LogP contribution in [0.2, 0.25) is 0 Å². The molecule has 0 heterocycles. The van der Waals surface area contributed by atoms with E-state index in [0.29, 0.717) is 11.8 Å². The Kier molecular flexibility index (Phi) is 4.18. The number of rotatable bonds is 2. The quantitative estimate of drug-likeness (QED) is 0.671. The Hall–Kier alpha value is -0.300. The third-order valence-electron chi connectivity index (χ3n) is 3.55. The molecule has 82 valence electrons. The highest BCUT2D eigenvalue weighted by molar-refractivity contribution is 4.96. The van der Waals surface area contributed by atoms with E-state index in [1.807, 2.05) is 0 Å². The van der Waals surface area contributed by atoms with Gasteiger partial charge in [0.15, 0.2) is 0 Å². The van der Waals surface area contributed by atoms with E-state index in [2.05, 4.69) is 33.8 Å². The lowest BCUT2D eigenvalue weighted by Crippen LogP contribution is -2.32. The van der Waals surface area contributed by atoms with Gasteiger partial charge >= 0.3 is 0 Å². The minimum Gasteiger partial charge on any atom is -0.393 e. The Labute approximate surface area is 88.2 Å². The Morgan fingerprint density at radius 1 is 1.21 bits per heavy atom. The third-order valence-corrected chi connectivity index (χ3v) is 3.55. The largest absolute Gasteiger partial charge is 0.393 e. The molecule has 0 amide bonds. The lowest BCUT2D eigenvalue weighted by Gasteiger charge is -2.36. The zero-order valence-corrected chi connectivity index (χ0v) is 9.96. The summed E-state index contributed by atoms with van der Waals surface area (Å²) in [4.78, 5) is 0. The molecular formula is C13H24O. The predicted octanol–water partition coefficient (Wildman–Crippen LogP) is 3.39. The fourth-order valence-electron chi connectivity index (χ4n) is 2.70. The molecule has 1 fully saturated rings. The van der Waals surface area contributed by atoms with E-state index in [4.69, 9.17) is 0 Å². The van der Waals surface area contributed by atoms with Crippen molar-refractivity contribution in [1.29, 1.82) is 0 Å². The summed E-state index contributed by atoms with van der Waals surface area (Å²) in [6.45, 7) is 8.88. The molecule has 2 atom stereocenters. The molecule has 0 aromatic carbocycles. The lowest BCUT2D eigenvalue weighted by atomic mass is 9.71. The van der Waals surface area contributed by atoms with E-state index >= 15 is 0 Å². The minimum absolute atomic E-state index is 0.0528. The Morgan fingerprint density at radius 3 is 2.14 bits per heavy atom. The summed E-state index contributed by atoms with van der Waals surface area (Å²) >= 11 is 0. The van der Waals surface area contributed by atoms with E-state index in [1.54, 1.807) is 0 Å². The molecule has 1 saturated carbocycles. The molecule has 1 nitrogen and oxygen atoms in total. The van der Waals surface area contributed by atoms with Gasteiger partial charge in [0.25, 0.3) is 0 Å². The second-order valence-corrected chi connectivity index (χ2v) is 5.26. The summed E-state index contributed by atoms with van der Waals surface area (Å²) in [6, 6.07) is 0. The Bertz CT molecular complexity index is 191. The standard InChI is InChI=1S/C13H24O/c1-9(2)5-6-13-10(3)7-12(14)8-11(13)4/h5,10-14H,6-8H2,1-4H3/t10-,11-,12?,13?/m0/s1. The Balaban J connectivity index is 2.54. The van der Waals surface area contributed by atoms with Crippen LogP contribution < -0.4 is 0 Å². The molecular weight excluding hydrogens is 172 g/mol. The van der Waals surface area contributed by atoms with Gasteiger partial charge in [0, 0.05) is 0 Å². The number of aliphatic hydroxyl groups is 1. The van der Waals surface area contributed by atoms with E-state index in [9.17, 15) is 5.11 Å². The molecule has 1 aliphatic carbocycles. The van der Waals surface area contributed by atoms with Gasteiger partial charge in [-0.25, -0.2) is 0 Å². The highest BCUT2D eigenvalue weighted by Crippen LogP contribution is 2.37. The Morgan fingerprint density at radius 2 is 1.71 bits per heavy atom. The van der Waals surface area contributed by atoms with Crippen LogP contribution in [0.5, 0.6) is 0 Å². The van der Waals surface area contributed by atoms with E-state index in [-0.39, 0.29) is 6.10 Å². The maximum atomic E-state index is 9.63. The maximum Gasteiger partial charge on any atom is 0.0545 e. The number of aliphatic hydroxyl groups excluding tert-OH is 1. The number of allylic oxidation sites excluding steroid dienone is 2. The van der Waals surface area contributed by atoms with Crippen LogP contribution >= 0.6 is 0 Å². The highest BCUT2D eigenvalue weighted by atomic mass is 16.3. The smallest absolute Gasteiger partial charge is 0.0545 e. The van der Waals surface area contributed by atoms with Gasteiger partial charge in [0.05, 0.1) is 6.10 Å². The fourth-order valence-corrected chi connectivity index (χ4v) is 2.70. The lowest BCUT2D eigenvalue weighted by molar-refractivity contribution is 0.0409. The van der Waals surface area contributed by atoms with Crippen LogP contribution in [0.3, 0.4) is 0 Å². The van der Waals surface area contributed by atoms with Crippen LogP contribution in [-0.4, -0.2) is 11.2 Å². The topological polar surface area (TPSA) is 20.2 Å². The minimum atomic E-state index is -0.0528. The van der Waals surface area contributed by atoms with Crippen molar-refractivity contribution in [1.82, 2.24) is 0 Å². The number of hydrogen-bond acceptors (Lipinski definition) is 1. The summed E-state index contributed by atoms with van der Waals surface area (Å²) in [7, 11) is 0. The van der Waals surface area contributed by atoms with E-state index < -0.39 is 0 Å². The molecule has 0 aromatic heterocycles. The van der Waals surface area contributed by atoms with Crippen molar-refractivity contribution in [2.75, 3.05) is 0 Å². The first-order valence-electron chi connectivity index (χ1n) is 5.82. The summed E-state index contributed by atoms with van der Waals surface area (Å²) in [5, 5.41) is 9.63. The first-order chi connectivity index (χ1) is 6.50. The van der Waals surface area contributed by atoms with Crippen molar-refractivity contribution < 1.29 is 5.11 Å². The predicted molar refractivity (Wildman–Crippen MR) is 61.1 cm³/mol. The zero-order chi connectivity index (χ0) is 10.7. The molecule has 0 aromatic rings. The van der Waals surface area contributed by atoms with Crippen LogP contribution in [0.1, 0.15) is 47.0 Å². The van der Waals surface area contributed by atoms with Gasteiger partial charge in [-0.3, -0.25) is 0 Å². The summed E-state index contributed by atoms with van der Waals surface area (Å²) in [5.41, 5.74) is 1.41. The first-order valence-corrected chi connectivity index (χ1v) is 5.82. The van der Waals surface area contributed by atoms with Crippen molar-refractivity contribution in [3.8, 4) is 0 Å². The van der Waals surface area contributed by atoms with Crippen LogP contribution in [0, 0.1) is 17.8 Å². The normalized spacial score (nSPS) is 38.1. The molecule has 0 bridgehead atoms. The monoisotopic (exact) mass is 196 g/mol. The second kappa shape index (κ2) is 4.97. The molecule has 14 heavy (non-hydrogen) atoms. The van der Waals surface area contributed by atoms with Gasteiger partial charge < -0.3 is 5.11 Å². The van der Waals surface area contributed by atoms with E-state index in [0.717, 1.165) is 18.8 Å². The SMILES string of the molecule is CC(C)=CCC1[C@@H](C)CC(O)C[C@@H]1C. The van der Waals surface area contributed by atoms with Crippen molar-refractivity contribution in [3.63, 3.8) is 0 Å². The second-order valence-electron chi connectivity index (χ2n) is 5.26. The molecule has 0 unspecified atom stereocenters. The van der Waals surface area contributed by atoms with Gasteiger partial charge in [-0.1, -0.05) is 25.5 Å². The third kappa shape index (κ3) is 3.13. The van der Waals surface area contributed by atoms with Gasteiger partial charge in [-0.05, 0) is 50.9 Å². The summed E-state index contributed by atoms with van der Waals surface area (Å²) in [5.74, 6) is 2.11. The summed E-state index contributed by atoms with van der Waals surface area (Å²) < 4.78 is 0. The van der Waals surface area contributed by atoms with E-state index in [1.165, 1.54) is 12.0 Å². The molecule has 1 aliphatic rings. The number of hydrogen-bond donors (Lipinski definition) is 1. The van der Waals surface area contributed by atoms with Crippen molar-refractivity contribution >= 4 is 0 Å². The van der Waals surface area contributed by atoms with Crippen LogP contribution in [-0.2, 0) is 0 Å². The highest BCUT2D eigenvalue weighted by Gasteiger charge is 2.31. The van der Waals surface area contributed by atoms with Crippen LogP contribution in [0.25, 0.3) is 0 Å². The van der Waals surface area contributed by atoms with Crippen molar-refractivity contribution in [3.05, 3.63) is 11.6 Å². The van der Waals surface area contributed by atoms with Gasteiger partial charge in [-0.2, -0.15) is 0 Å². The van der Waals surface area contributed by atoms with Crippen molar-refractivity contribution in [2.24, 2.45) is 17.8 Å². The van der Waals surface area contributed by atoms with Crippen LogP contribution in [0.4, 0.5) is 0 Å². The van der Waals surface area contributed by atoms with Crippen molar-refractivity contribution in [2.45, 2.75) is 53.1 Å².